The number of thiazole rings is 1. The lowest BCUT2D eigenvalue weighted by Gasteiger charge is -2.45. The SMILES string of the molecule is Cc1ncc(NC(=O)CN2CC(C)(C)C2)cc1NC(=O)c1cnn2cc(-c3ccc(CO)s3)sc12. The predicted molar refractivity (Wildman–Crippen MR) is 138 cm³/mol. The van der Waals surface area contributed by atoms with Gasteiger partial charge in [0.25, 0.3) is 5.91 Å². The number of amides is 2. The number of carbonyl (C=O) groups excluding carboxylic acids is 2. The summed E-state index contributed by atoms with van der Waals surface area (Å²) >= 11 is 2.98. The topological polar surface area (TPSA) is 112 Å². The highest BCUT2D eigenvalue weighted by atomic mass is 32.1. The first-order valence-electron chi connectivity index (χ1n) is 11.2. The van der Waals surface area contributed by atoms with Crippen LogP contribution in [-0.4, -0.2) is 56.1 Å². The summed E-state index contributed by atoms with van der Waals surface area (Å²) < 4.78 is 1.69. The Kier molecular flexibility index (Phi) is 6.18. The zero-order valence-corrected chi connectivity index (χ0v) is 21.3. The Labute approximate surface area is 210 Å². The average molecular weight is 511 g/mol. The van der Waals surface area contributed by atoms with E-state index in [1.54, 1.807) is 29.9 Å². The quantitative estimate of drug-likeness (QED) is 0.348. The van der Waals surface area contributed by atoms with Gasteiger partial charge in [0.05, 0.1) is 53.1 Å². The number of likely N-dealkylation sites (tertiary alicyclic amines) is 1. The van der Waals surface area contributed by atoms with Crippen LogP contribution in [-0.2, 0) is 11.4 Å². The number of aryl methyl sites for hydroxylation is 1. The first-order valence-corrected chi connectivity index (χ1v) is 12.8. The summed E-state index contributed by atoms with van der Waals surface area (Å²) in [6, 6.07) is 5.57. The van der Waals surface area contributed by atoms with Crippen molar-refractivity contribution in [2.45, 2.75) is 27.4 Å². The number of nitrogens with zero attached hydrogens (tertiary/aromatic N) is 4. The largest absolute Gasteiger partial charge is 0.391 e. The fourth-order valence-electron chi connectivity index (χ4n) is 4.25. The molecule has 35 heavy (non-hydrogen) atoms. The number of aromatic nitrogens is 3. The molecule has 4 aromatic rings. The summed E-state index contributed by atoms with van der Waals surface area (Å²) in [6.45, 7) is 8.29. The van der Waals surface area contributed by atoms with Crippen molar-refractivity contribution >= 4 is 50.7 Å². The molecule has 1 aliphatic rings. The van der Waals surface area contributed by atoms with E-state index in [0.29, 0.717) is 29.2 Å². The molecule has 182 valence electrons. The van der Waals surface area contributed by atoms with Crippen LogP contribution in [0.4, 0.5) is 11.4 Å². The molecule has 1 aliphatic heterocycles. The fraction of sp³-hybridized carbons (Fsp3) is 0.333. The molecule has 0 radical (unpaired) electrons. The number of rotatable bonds is 7. The van der Waals surface area contributed by atoms with Gasteiger partial charge in [-0.15, -0.1) is 22.7 Å². The van der Waals surface area contributed by atoms with E-state index in [9.17, 15) is 14.7 Å². The van der Waals surface area contributed by atoms with Crippen LogP contribution in [0.25, 0.3) is 14.6 Å². The van der Waals surface area contributed by atoms with Gasteiger partial charge in [-0.3, -0.25) is 19.5 Å². The molecule has 5 rings (SSSR count). The summed E-state index contributed by atoms with van der Waals surface area (Å²) in [5.74, 6) is -0.405. The zero-order chi connectivity index (χ0) is 24.7. The highest BCUT2D eigenvalue weighted by molar-refractivity contribution is 7.25. The summed E-state index contributed by atoms with van der Waals surface area (Å²) in [6.07, 6.45) is 5.02. The number of pyridine rings is 1. The van der Waals surface area contributed by atoms with Gasteiger partial charge in [-0.25, -0.2) is 4.52 Å². The molecule has 0 saturated carbocycles. The Balaban J connectivity index is 1.29. The van der Waals surface area contributed by atoms with Gasteiger partial charge in [0.1, 0.15) is 4.83 Å². The minimum atomic E-state index is -0.299. The normalized spacial score (nSPS) is 15.2. The third kappa shape index (κ3) is 4.98. The molecule has 0 unspecified atom stereocenters. The molecule has 9 nitrogen and oxygen atoms in total. The van der Waals surface area contributed by atoms with Gasteiger partial charge in [-0.2, -0.15) is 5.10 Å². The zero-order valence-electron chi connectivity index (χ0n) is 19.7. The number of carbonyl (C=O) groups is 2. The maximum absolute atomic E-state index is 13.1. The van der Waals surface area contributed by atoms with E-state index in [1.807, 2.05) is 18.3 Å². The first-order chi connectivity index (χ1) is 16.7. The van der Waals surface area contributed by atoms with Crippen molar-refractivity contribution in [1.29, 1.82) is 0 Å². The Morgan fingerprint density at radius 3 is 2.66 bits per heavy atom. The standard InChI is InChI=1S/C24H26N6O3S2/c1-14-18(6-15(7-25-14)27-21(32)10-29-12-24(2,3)13-29)28-22(33)17-8-26-30-9-20(35-23(17)30)19-5-4-16(11-31)34-19/h4-9,31H,10-13H2,1-3H3,(H,27,32)(H,28,33). The first kappa shape index (κ1) is 23.6. The van der Waals surface area contributed by atoms with Crippen LogP contribution in [0.3, 0.4) is 0 Å². The highest BCUT2D eigenvalue weighted by Gasteiger charge is 2.34. The molecule has 1 fully saturated rings. The van der Waals surface area contributed by atoms with Gasteiger partial charge >= 0.3 is 0 Å². The van der Waals surface area contributed by atoms with Crippen molar-refractivity contribution in [3.8, 4) is 9.75 Å². The summed E-state index contributed by atoms with van der Waals surface area (Å²) in [5, 5.41) is 19.4. The van der Waals surface area contributed by atoms with Crippen molar-refractivity contribution in [3.63, 3.8) is 0 Å². The van der Waals surface area contributed by atoms with Gasteiger partial charge in [0.15, 0.2) is 0 Å². The van der Waals surface area contributed by atoms with Crippen LogP contribution < -0.4 is 10.6 Å². The van der Waals surface area contributed by atoms with Crippen LogP contribution in [0.1, 0.15) is 34.8 Å². The number of thiophene rings is 1. The fourth-order valence-corrected chi connectivity index (χ4v) is 6.25. The summed E-state index contributed by atoms with van der Waals surface area (Å²) in [4.78, 5) is 35.6. The molecule has 2 amide bonds. The van der Waals surface area contributed by atoms with Crippen molar-refractivity contribution < 1.29 is 14.7 Å². The molecular weight excluding hydrogens is 484 g/mol. The molecule has 0 atom stereocenters. The lowest BCUT2D eigenvalue weighted by molar-refractivity contribution is -0.120. The molecule has 0 spiro atoms. The second kappa shape index (κ2) is 9.15. The van der Waals surface area contributed by atoms with Gasteiger partial charge in [-0.1, -0.05) is 13.8 Å². The number of fused-ring (bicyclic) bond motifs is 1. The van der Waals surface area contributed by atoms with Crippen molar-refractivity contribution in [1.82, 2.24) is 19.5 Å². The van der Waals surface area contributed by atoms with Gasteiger partial charge in [0.2, 0.25) is 5.91 Å². The Morgan fingerprint density at radius 1 is 1.14 bits per heavy atom. The van der Waals surface area contributed by atoms with Crippen LogP contribution in [0, 0.1) is 12.3 Å². The smallest absolute Gasteiger partial charge is 0.260 e. The third-order valence-corrected chi connectivity index (χ3v) is 8.17. The monoisotopic (exact) mass is 510 g/mol. The second-order valence-corrected chi connectivity index (χ2v) is 11.7. The number of hydrogen-bond acceptors (Lipinski definition) is 8. The maximum Gasteiger partial charge on any atom is 0.260 e. The molecule has 0 aliphatic carbocycles. The molecule has 4 aromatic heterocycles. The Hall–Kier alpha value is -3.12. The van der Waals surface area contributed by atoms with Crippen molar-refractivity contribution in [2.24, 2.45) is 5.41 Å². The summed E-state index contributed by atoms with van der Waals surface area (Å²) in [5.41, 5.74) is 2.42. The predicted octanol–water partition coefficient (Wildman–Crippen LogP) is 3.85. The van der Waals surface area contributed by atoms with Gasteiger partial charge < -0.3 is 15.7 Å². The van der Waals surface area contributed by atoms with E-state index >= 15 is 0 Å². The van der Waals surface area contributed by atoms with E-state index in [4.69, 9.17) is 0 Å². The third-order valence-electron chi connectivity index (χ3n) is 5.79. The van der Waals surface area contributed by atoms with E-state index in [2.05, 4.69) is 39.5 Å². The Bertz CT molecular complexity index is 1410. The van der Waals surface area contributed by atoms with Crippen molar-refractivity contribution in [2.75, 3.05) is 30.3 Å². The minimum absolute atomic E-state index is 0.00414. The molecule has 11 heteroatoms. The molecule has 3 N–H and O–H groups in total. The van der Waals surface area contributed by atoms with Crippen molar-refractivity contribution in [3.05, 3.63) is 52.9 Å². The highest BCUT2D eigenvalue weighted by Crippen LogP contribution is 2.35. The lowest BCUT2D eigenvalue weighted by Crippen LogP contribution is -2.54. The number of anilines is 2. The van der Waals surface area contributed by atoms with Crippen LogP contribution in [0.15, 0.2) is 36.8 Å². The van der Waals surface area contributed by atoms with Gasteiger partial charge in [0, 0.05) is 29.0 Å². The molecule has 0 bridgehead atoms. The number of hydrogen-bond donors (Lipinski definition) is 3. The minimum Gasteiger partial charge on any atom is -0.391 e. The molecule has 5 heterocycles. The average Bonchev–Trinajstić information content (AvgIpc) is 3.49. The molecule has 0 aromatic carbocycles. The van der Waals surface area contributed by atoms with E-state index in [-0.39, 0.29) is 23.8 Å². The van der Waals surface area contributed by atoms with Crippen LogP contribution >= 0.6 is 22.7 Å². The van der Waals surface area contributed by atoms with E-state index < -0.39 is 0 Å². The number of aliphatic hydroxyl groups excluding tert-OH is 1. The lowest BCUT2D eigenvalue weighted by atomic mass is 9.84. The van der Waals surface area contributed by atoms with E-state index in [1.165, 1.54) is 22.7 Å². The molecular formula is C24H26N6O3S2. The maximum atomic E-state index is 13.1. The summed E-state index contributed by atoms with van der Waals surface area (Å²) in [7, 11) is 0. The van der Waals surface area contributed by atoms with E-state index in [0.717, 1.165) is 32.6 Å². The second-order valence-electron chi connectivity index (χ2n) is 9.50. The number of aliphatic hydroxyl groups is 1. The number of nitrogens with one attached hydrogen (secondary N) is 2. The Morgan fingerprint density at radius 2 is 1.94 bits per heavy atom. The molecule has 1 saturated heterocycles. The van der Waals surface area contributed by atoms with Crippen LogP contribution in [0.2, 0.25) is 0 Å². The van der Waals surface area contributed by atoms with Gasteiger partial charge in [-0.05, 0) is 30.5 Å². The van der Waals surface area contributed by atoms with Crippen LogP contribution in [0.5, 0.6) is 0 Å².